The maximum atomic E-state index is 11.9. The van der Waals surface area contributed by atoms with E-state index in [1.54, 1.807) is 6.08 Å². The third kappa shape index (κ3) is 1.73. The van der Waals surface area contributed by atoms with Crippen LogP contribution in [0.15, 0.2) is 24.0 Å². The van der Waals surface area contributed by atoms with Crippen molar-refractivity contribution in [3.8, 4) is 0 Å². The largest absolute Gasteiger partial charge is 0.487 e. The zero-order valence-electron chi connectivity index (χ0n) is 9.72. The Balaban J connectivity index is 2.30. The maximum absolute atomic E-state index is 11.9. The summed E-state index contributed by atoms with van der Waals surface area (Å²) in [6, 6.07) is 0. The van der Waals surface area contributed by atoms with Crippen molar-refractivity contribution in [3.05, 3.63) is 24.0 Å². The summed E-state index contributed by atoms with van der Waals surface area (Å²) in [4.78, 5) is 11.9. The van der Waals surface area contributed by atoms with Crippen LogP contribution in [0.3, 0.4) is 0 Å². The van der Waals surface area contributed by atoms with Gasteiger partial charge in [0.25, 0.3) is 0 Å². The lowest BCUT2D eigenvalue weighted by Crippen LogP contribution is -2.24. The predicted octanol–water partition coefficient (Wildman–Crippen LogP) is 2.99. The highest BCUT2D eigenvalue weighted by atomic mass is 16.5. The van der Waals surface area contributed by atoms with Crippen molar-refractivity contribution in [2.75, 3.05) is 0 Å². The molecule has 82 valence electrons. The molecule has 0 aromatic heterocycles. The summed E-state index contributed by atoms with van der Waals surface area (Å²) in [5.74, 6) is 1.16. The first kappa shape index (κ1) is 10.5. The normalized spacial score (nSPS) is 33.7. The van der Waals surface area contributed by atoms with E-state index in [1.165, 1.54) is 0 Å². The van der Waals surface area contributed by atoms with E-state index in [0.717, 1.165) is 17.8 Å². The number of Topliss-reactive ketones (excluding diaryl/α,β-unsaturated/α-hetero) is 1. The smallest absolute Gasteiger partial charge is 0.162 e. The van der Waals surface area contributed by atoms with Gasteiger partial charge in [0.1, 0.15) is 11.4 Å². The molecule has 1 atom stereocenters. The minimum atomic E-state index is -0.360. The van der Waals surface area contributed by atoms with Crippen molar-refractivity contribution in [2.45, 2.75) is 45.6 Å². The molecule has 0 saturated carbocycles. The molecule has 0 saturated heterocycles. The van der Waals surface area contributed by atoms with Gasteiger partial charge in [-0.25, -0.2) is 0 Å². The summed E-state index contributed by atoms with van der Waals surface area (Å²) < 4.78 is 5.85. The Hall–Kier alpha value is -1.05. The minimum Gasteiger partial charge on any atom is -0.487 e. The van der Waals surface area contributed by atoms with Crippen molar-refractivity contribution in [1.29, 1.82) is 0 Å². The Morgan fingerprint density at radius 1 is 1.27 bits per heavy atom. The molecule has 0 fully saturated rings. The number of rotatable bonds is 1. The van der Waals surface area contributed by atoms with Crippen LogP contribution in [0, 0.1) is 5.41 Å². The fourth-order valence-electron chi connectivity index (χ4n) is 2.38. The Morgan fingerprint density at radius 2 is 1.93 bits per heavy atom. The highest BCUT2D eigenvalue weighted by molar-refractivity contribution is 5.97. The van der Waals surface area contributed by atoms with Gasteiger partial charge >= 0.3 is 0 Å². The molecule has 0 aromatic rings. The van der Waals surface area contributed by atoms with Crippen molar-refractivity contribution in [3.63, 3.8) is 0 Å². The molecule has 0 spiro atoms. The zero-order valence-corrected chi connectivity index (χ0v) is 9.72. The molecule has 1 unspecified atom stereocenters. The number of hydrogen-bond donors (Lipinski definition) is 0. The van der Waals surface area contributed by atoms with E-state index in [-0.39, 0.29) is 16.8 Å². The molecule has 2 rings (SSSR count). The second-order valence-corrected chi connectivity index (χ2v) is 5.64. The third-order valence-corrected chi connectivity index (χ3v) is 3.27. The van der Waals surface area contributed by atoms with Crippen LogP contribution in [-0.4, -0.2) is 11.4 Å². The fraction of sp³-hybridized carbons (Fsp3) is 0.615. The van der Waals surface area contributed by atoms with Gasteiger partial charge in [-0.05, 0) is 18.4 Å². The second-order valence-electron chi connectivity index (χ2n) is 5.64. The number of carbonyl (C=O) groups excluding carboxylic acids is 1. The first-order chi connectivity index (χ1) is 6.85. The zero-order chi connectivity index (χ0) is 11.3. The molecule has 1 aliphatic heterocycles. The average Bonchev–Trinajstić information content (AvgIpc) is 2.41. The monoisotopic (exact) mass is 206 g/mol. The van der Waals surface area contributed by atoms with Crippen LogP contribution in [0.4, 0.5) is 0 Å². The van der Waals surface area contributed by atoms with Crippen molar-refractivity contribution >= 4 is 5.78 Å². The molecule has 2 heteroatoms. The van der Waals surface area contributed by atoms with Crippen LogP contribution < -0.4 is 0 Å². The van der Waals surface area contributed by atoms with Gasteiger partial charge in [0, 0.05) is 24.8 Å². The van der Waals surface area contributed by atoms with E-state index >= 15 is 0 Å². The SMILES string of the molecule is C=CC1(C)CC2=C(CC(C)(C)CC2=O)O1. The summed E-state index contributed by atoms with van der Waals surface area (Å²) in [6.07, 6.45) is 4.01. The van der Waals surface area contributed by atoms with Crippen molar-refractivity contribution < 1.29 is 9.53 Å². The molecular weight excluding hydrogens is 188 g/mol. The highest BCUT2D eigenvalue weighted by Gasteiger charge is 2.43. The first-order valence-corrected chi connectivity index (χ1v) is 5.43. The summed E-state index contributed by atoms with van der Waals surface area (Å²) >= 11 is 0. The number of ether oxygens (including phenoxy) is 1. The molecule has 2 aliphatic rings. The van der Waals surface area contributed by atoms with Crippen molar-refractivity contribution in [1.82, 2.24) is 0 Å². The summed E-state index contributed by atoms with van der Waals surface area (Å²) in [7, 11) is 0. The number of carbonyl (C=O) groups is 1. The second kappa shape index (κ2) is 2.97. The Labute approximate surface area is 91.0 Å². The van der Waals surface area contributed by atoms with Crippen LogP contribution in [-0.2, 0) is 9.53 Å². The van der Waals surface area contributed by atoms with Crippen LogP contribution in [0.25, 0.3) is 0 Å². The van der Waals surface area contributed by atoms with Gasteiger partial charge in [-0.3, -0.25) is 4.79 Å². The van der Waals surface area contributed by atoms with Gasteiger partial charge in [-0.1, -0.05) is 20.4 Å². The lowest BCUT2D eigenvalue weighted by molar-refractivity contribution is -0.118. The lowest BCUT2D eigenvalue weighted by atomic mass is 9.76. The van der Waals surface area contributed by atoms with E-state index in [9.17, 15) is 4.79 Å². The van der Waals surface area contributed by atoms with Crippen LogP contribution >= 0.6 is 0 Å². The fourth-order valence-corrected chi connectivity index (χ4v) is 2.38. The van der Waals surface area contributed by atoms with Gasteiger partial charge in [-0.2, -0.15) is 0 Å². The molecule has 2 nitrogen and oxygen atoms in total. The Morgan fingerprint density at radius 3 is 2.53 bits per heavy atom. The summed E-state index contributed by atoms with van der Waals surface area (Å²) in [5, 5.41) is 0. The quantitative estimate of drug-likeness (QED) is 0.616. The van der Waals surface area contributed by atoms with Crippen molar-refractivity contribution in [2.24, 2.45) is 5.41 Å². The van der Waals surface area contributed by atoms with E-state index in [4.69, 9.17) is 4.74 Å². The predicted molar refractivity (Wildman–Crippen MR) is 59.4 cm³/mol. The van der Waals surface area contributed by atoms with Gasteiger partial charge < -0.3 is 4.74 Å². The number of ketones is 1. The van der Waals surface area contributed by atoms with Crippen LogP contribution in [0.2, 0.25) is 0 Å². The highest BCUT2D eigenvalue weighted by Crippen LogP contribution is 2.46. The van der Waals surface area contributed by atoms with E-state index in [0.29, 0.717) is 12.8 Å². The lowest BCUT2D eigenvalue weighted by Gasteiger charge is -2.29. The molecule has 0 amide bonds. The van der Waals surface area contributed by atoms with Gasteiger partial charge in [0.15, 0.2) is 5.78 Å². The summed E-state index contributed by atoms with van der Waals surface area (Å²) in [6.45, 7) is 9.98. The standard InChI is InChI=1S/C13H18O2/c1-5-13(4)6-9-10(14)7-12(2,3)8-11(9)15-13/h5H,1,6-8H2,2-4H3. The third-order valence-electron chi connectivity index (χ3n) is 3.27. The first-order valence-electron chi connectivity index (χ1n) is 5.43. The number of allylic oxidation sites excluding steroid dienone is 1. The number of hydrogen-bond acceptors (Lipinski definition) is 2. The Kier molecular flexibility index (Phi) is 2.07. The molecule has 0 radical (unpaired) electrons. The molecule has 15 heavy (non-hydrogen) atoms. The maximum Gasteiger partial charge on any atom is 0.162 e. The topological polar surface area (TPSA) is 26.3 Å². The van der Waals surface area contributed by atoms with Gasteiger partial charge in [0.05, 0.1) is 0 Å². The van der Waals surface area contributed by atoms with Gasteiger partial charge in [0.2, 0.25) is 0 Å². The Bertz CT molecular complexity index is 363. The molecule has 1 heterocycles. The van der Waals surface area contributed by atoms with E-state index in [2.05, 4.69) is 20.4 Å². The minimum absolute atomic E-state index is 0.0440. The molecule has 0 bridgehead atoms. The van der Waals surface area contributed by atoms with Crippen LogP contribution in [0.5, 0.6) is 0 Å². The molecule has 0 N–H and O–H groups in total. The van der Waals surface area contributed by atoms with Gasteiger partial charge in [-0.15, -0.1) is 0 Å². The summed E-state index contributed by atoms with van der Waals surface area (Å²) in [5.41, 5.74) is 0.583. The van der Waals surface area contributed by atoms with Crippen LogP contribution in [0.1, 0.15) is 40.0 Å². The molecule has 1 aliphatic carbocycles. The van der Waals surface area contributed by atoms with E-state index < -0.39 is 0 Å². The molecule has 0 aromatic carbocycles. The van der Waals surface area contributed by atoms with E-state index in [1.807, 2.05) is 6.92 Å². The average molecular weight is 206 g/mol. The molecular formula is C13H18O2.